The molecule has 1 rings (SSSR count). The molecule has 0 aromatic heterocycles. The molecule has 0 aliphatic heterocycles. The van der Waals surface area contributed by atoms with Crippen LogP contribution in [0.4, 0.5) is 0 Å². The van der Waals surface area contributed by atoms with Crippen LogP contribution in [-0.2, 0) is 4.79 Å². The molecule has 0 saturated heterocycles. The normalized spacial score (nSPS) is 29.6. The molecule has 0 bridgehead atoms. The molecule has 1 aliphatic carbocycles. The Morgan fingerprint density at radius 2 is 2.23 bits per heavy atom. The average molecular weight is 183 g/mol. The van der Waals surface area contributed by atoms with Gasteiger partial charge in [-0.25, -0.2) is 0 Å². The van der Waals surface area contributed by atoms with E-state index in [1.165, 1.54) is 25.7 Å². The van der Waals surface area contributed by atoms with Crippen molar-refractivity contribution in [2.45, 2.75) is 52.0 Å². The fraction of sp³-hybridized carbons (Fsp3) is 0.909. The average Bonchev–Trinajstić information content (AvgIpc) is 2.08. The number of carbonyl (C=O) groups is 1. The predicted molar refractivity (Wildman–Crippen MR) is 54.4 cm³/mol. The number of nitrogens with two attached hydrogens (primary N) is 1. The standard InChI is InChI=1S/C11H21NO/c1-11(2)6-4-3-5-9(11)7-10(12)8-13/h8-10H,3-7,12H2,1-2H3. The maximum atomic E-state index is 10.5. The van der Waals surface area contributed by atoms with Gasteiger partial charge in [-0.05, 0) is 30.6 Å². The molecule has 1 aliphatic rings. The highest BCUT2D eigenvalue weighted by Gasteiger charge is 2.32. The van der Waals surface area contributed by atoms with E-state index in [0.29, 0.717) is 11.3 Å². The van der Waals surface area contributed by atoms with Gasteiger partial charge in [-0.15, -0.1) is 0 Å². The van der Waals surface area contributed by atoms with Gasteiger partial charge in [0.2, 0.25) is 0 Å². The van der Waals surface area contributed by atoms with E-state index in [1.54, 1.807) is 0 Å². The van der Waals surface area contributed by atoms with Crippen LogP contribution in [-0.4, -0.2) is 12.3 Å². The van der Waals surface area contributed by atoms with Crippen molar-refractivity contribution < 1.29 is 4.79 Å². The molecule has 2 unspecified atom stereocenters. The van der Waals surface area contributed by atoms with Gasteiger partial charge in [0.1, 0.15) is 6.29 Å². The highest BCUT2D eigenvalue weighted by atomic mass is 16.1. The lowest BCUT2D eigenvalue weighted by atomic mass is 9.67. The van der Waals surface area contributed by atoms with Gasteiger partial charge in [0.25, 0.3) is 0 Å². The zero-order valence-corrected chi connectivity index (χ0v) is 8.75. The molecule has 0 radical (unpaired) electrons. The van der Waals surface area contributed by atoms with E-state index < -0.39 is 0 Å². The zero-order valence-electron chi connectivity index (χ0n) is 8.75. The Kier molecular flexibility index (Phi) is 3.48. The zero-order chi connectivity index (χ0) is 9.90. The number of hydrogen-bond acceptors (Lipinski definition) is 2. The lowest BCUT2D eigenvalue weighted by molar-refractivity contribution is -0.109. The third-order valence-electron chi connectivity index (χ3n) is 3.46. The summed E-state index contributed by atoms with van der Waals surface area (Å²) in [5, 5.41) is 0. The van der Waals surface area contributed by atoms with Crippen LogP contribution < -0.4 is 5.73 Å². The molecule has 76 valence electrons. The first kappa shape index (κ1) is 10.7. The maximum Gasteiger partial charge on any atom is 0.136 e. The van der Waals surface area contributed by atoms with E-state index in [4.69, 9.17) is 5.73 Å². The summed E-state index contributed by atoms with van der Waals surface area (Å²) in [6.45, 7) is 4.60. The van der Waals surface area contributed by atoms with Gasteiger partial charge in [0, 0.05) is 0 Å². The Morgan fingerprint density at radius 3 is 2.77 bits per heavy atom. The largest absolute Gasteiger partial charge is 0.322 e. The number of aldehydes is 1. The van der Waals surface area contributed by atoms with Gasteiger partial charge in [0.05, 0.1) is 6.04 Å². The molecule has 1 saturated carbocycles. The summed E-state index contributed by atoms with van der Waals surface area (Å²) in [4.78, 5) is 10.5. The summed E-state index contributed by atoms with van der Waals surface area (Å²) < 4.78 is 0. The number of carbonyl (C=O) groups excluding carboxylic acids is 1. The highest BCUT2D eigenvalue weighted by Crippen LogP contribution is 2.42. The Hall–Kier alpha value is -0.370. The van der Waals surface area contributed by atoms with Crippen molar-refractivity contribution in [2.24, 2.45) is 17.1 Å². The van der Waals surface area contributed by atoms with Crippen molar-refractivity contribution in [3.63, 3.8) is 0 Å². The molecule has 2 N–H and O–H groups in total. The number of hydrogen-bond donors (Lipinski definition) is 1. The minimum absolute atomic E-state index is 0.248. The highest BCUT2D eigenvalue weighted by molar-refractivity contribution is 5.56. The second-order valence-electron chi connectivity index (χ2n) is 4.97. The quantitative estimate of drug-likeness (QED) is 0.681. The smallest absolute Gasteiger partial charge is 0.136 e. The van der Waals surface area contributed by atoms with Crippen LogP contribution in [0.25, 0.3) is 0 Å². The monoisotopic (exact) mass is 183 g/mol. The fourth-order valence-corrected chi connectivity index (χ4v) is 2.39. The van der Waals surface area contributed by atoms with E-state index in [-0.39, 0.29) is 6.04 Å². The topological polar surface area (TPSA) is 43.1 Å². The third-order valence-corrected chi connectivity index (χ3v) is 3.46. The first-order valence-electron chi connectivity index (χ1n) is 5.27. The lowest BCUT2D eigenvalue weighted by Crippen LogP contribution is -2.34. The van der Waals surface area contributed by atoms with Crippen LogP contribution in [0.3, 0.4) is 0 Å². The minimum Gasteiger partial charge on any atom is -0.322 e. The Morgan fingerprint density at radius 1 is 1.54 bits per heavy atom. The lowest BCUT2D eigenvalue weighted by Gasteiger charge is -2.39. The molecule has 0 amide bonds. The van der Waals surface area contributed by atoms with Crippen LogP contribution in [0.2, 0.25) is 0 Å². The fourth-order valence-electron chi connectivity index (χ4n) is 2.39. The van der Waals surface area contributed by atoms with E-state index >= 15 is 0 Å². The molecule has 1 fully saturated rings. The molecule has 0 aromatic rings. The van der Waals surface area contributed by atoms with Crippen LogP contribution in [0.1, 0.15) is 46.0 Å². The maximum absolute atomic E-state index is 10.5. The van der Waals surface area contributed by atoms with E-state index in [2.05, 4.69) is 13.8 Å². The third kappa shape index (κ3) is 2.80. The summed E-state index contributed by atoms with van der Waals surface area (Å²) in [7, 11) is 0. The second kappa shape index (κ2) is 4.23. The van der Waals surface area contributed by atoms with E-state index in [1.807, 2.05) is 0 Å². The summed E-state index contributed by atoms with van der Waals surface area (Å²) in [6.07, 6.45) is 6.92. The molecule has 2 heteroatoms. The summed E-state index contributed by atoms with van der Waals surface area (Å²) in [6, 6.07) is -0.248. The molecule has 13 heavy (non-hydrogen) atoms. The van der Waals surface area contributed by atoms with Crippen LogP contribution in [0.5, 0.6) is 0 Å². The van der Waals surface area contributed by atoms with Crippen LogP contribution in [0, 0.1) is 11.3 Å². The molecule has 0 spiro atoms. The molecular formula is C11H21NO. The summed E-state index contributed by atoms with van der Waals surface area (Å²) in [5.74, 6) is 0.640. The van der Waals surface area contributed by atoms with Gasteiger partial charge in [-0.3, -0.25) is 0 Å². The van der Waals surface area contributed by atoms with Gasteiger partial charge in [-0.2, -0.15) is 0 Å². The predicted octanol–water partition coefficient (Wildman–Crippen LogP) is 2.12. The Balaban J connectivity index is 2.50. The SMILES string of the molecule is CC1(C)CCCCC1CC(N)C=O. The van der Waals surface area contributed by atoms with Crippen LogP contribution >= 0.6 is 0 Å². The molecule has 0 heterocycles. The van der Waals surface area contributed by atoms with Crippen molar-refractivity contribution in [3.8, 4) is 0 Å². The Bertz CT molecular complexity index is 177. The van der Waals surface area contributed by atoms with Gasteiger partial charge >= 0.3 is 0 Å². The van der Waals surface area contributed by atoms with Crippen LogP contribution in [0.15, 0.2) is 0 Å². The van der Waals surface area contributed by atoms with Crippen molar-refractivity contribution in [1.82, 2.24) is 0 Å². The summed E-state index contributed by atoms with van der Waals surface area (Å²) >= 11 is 0. The first-order chi connectivity index (χ1) is 6.06. The molecular weight excluding hydrogens is 162 g/mol. The second-order valence-corrected chi connectivity index (χ2v) is 4.97. The van der Waals surface area contributed by atoms with Gasteiger partial charge in [-0.1, -0.05) is 26.7 Å². The Labute approximate surface area is 80.9 Å². The molecule has 0 aromatic carbocycles. The van der Waals surface area contributed by atoms with Crippen molar-refractivity contribution in [2.75, 3.05) is 0 Å². The van der Waals surface area contributed by atoms with Gasteiger partial charge < -0.3 is 10.5 Å². The van der Waals surface area contributed by atoms with E-state index in [9.17, 15) is 4.79 Å². The number of rotatable bonds is 3. The van der Waals surface area contributed by atoms with Crippen molar-refractivity contribution in [1.29, 1.82) is 0 Å². The molecule has 2 nitrogen and oxygen atoms in total. The summed E-state index contributed by atoms with van der Waals surface area (Å²) in [5.41, 5.74) is 6.04. The molecule has 2 atom stereocenters. The minimum atomic E-state index is -0.248. The van der Waals surface area contributed by atoms with Crippen molar-refractivity contribution >= 4 is 6.29 Å². The van der Waals surface area contributed by atoms with E-state index in [0.717, 1.165) is 12.7 Å². The van der Waals surface area contributed by atoms with Gasteiger partial charge in [0.15, 0.2) is 0 Å². The van der Waals surface area contributed by atoms with Crippen molar-refractivity contribution in [3.05, 3.63) is 0 Å². The first-order valence-corrected chi connectivity index (χ1v) is 5.27.